The van der Waals surface area contributed by atoms with E-state index in [0.29, 0.717) is 6.42 Å². The molecule has 0 fully saturated rings. The summed E-state index contributed by atoms with van der Waals surface area (Å²) in [6.45, 7) is 0. The van der Waals surface area contributed by atoms with E-state index < -0.39 is 0 Å². The lowest BCUT2D eigenvalue weighted by Crippen LogP contribution is -2.25. The van der Waals surface area contributed by atoms with E-state index in [0.717, 1.165) is 12.0 Å². The smallest absolute Gasteiger partial charge is 0.123 e. The number of hydrogen-bond donors (Lipinski definition) is 1. The van der Waals surface area contributed by atoms with Gasteiger partial charge in [0.15, 0.2) is 0 Å². The van der Waals surface area contributed by atoms with E-state index in [4.69, 9.17) is 5.73 Å². The molecule has 1 aromatic heterocycles. The molecular weight excluding hydrogens is 223 g/mol. The quantitative estimate of drug-likeness (QED) is 0.885. The highest BCUT2D eigenvalue weighted by atomic mass is 32.1. The second-order valence-electron chi connectivity index (χ2n) is 3.77. The molecule has 2 nitrogen and oxygen atoms in total. The number of rotatable bonds is 4. The lowest BCUT2D eigenvalue weighted by Gasteiger charge is -2.09. The zero-order chi connectivity index (χ0) is 11.4. The van der Waals surface area contributed by atoms with Crippen LogP contribution in [0.1, 0.15) is 10.4 Å². The lowest BCUT2D eigenvalue weighted by molar-refractivity contribution is 0.618. The summed E-state index contributed by atoms with van der Waals surface area (Å²) in [7, 11) is 0. The monoisotopic (exact) mass is 236 g/mol. The zero-order valence-corrected chi connectivity index (χ0v) is 9.58. The van der Waals surface area contributed by atoms with Gasteiger partial charge in [0, 0.05) is 17.1 Å². The average molecular weight is 236 g/mol. The van der Waals surface area contributed by atoms with E-state index in [9.17, 15) is 4.39 Å². The van der Waals surface area contributed by atoms with Gasteiger partial charge in [-0.05, 0) is 30.5 Å². The van der Waals surface area contributed by atoms with Gasteiger partial charge in [0.1, 0.15) is 5.82 Å². The Morgan fingerprint density at radius 2 is 2.25 bits per heavy atom. The van der Waals surface area contributed by atoms with Gasteiger partial charge in [-0.2, -0.15) is 0 Å². The van der Waals surface area contributed by atoms with Gasteiger partial charge in [-0.3, -0.25) is 4.98 Å². The number of nitrogens with zero attached hydrogens (tertiary/aromatic N) is 1. The van der Waals surface area contributed by atoms with Gasteiger partial charge in [0.05, 0.1) is 5.51 Å². The predicted molar refractivity (Wildman–Crippen MR) is 63.9 cm³/mol. The Kier molecular flexibility index (Phi) is 3.64. The van der Waals surface area contributed by atoms with Gasteiger partial charge >= 0.3 is 0 Å². The molecule has 0 spiro atoms. The highest BCUT2D eigenvalue weighted by molar-refractivity contribution is 7.09. The van der Waals surface area contributed by atoms with E-state index in [1.54, 1.807) is 22.9 Å². The number of aromatic nitrogens is 1. The maximum Gasteiger partial charge on any atom is 0.123 e. The first-order chi connectivity index (χ1) is 7.74. The molecule has 1 unspecified atom stereocenters. The molecule has 2 aromatic rings. The number of halogens is 1. The third-order valence-corrected chi connectivity index (χ3v) is 3.14. The van der Waals surface area contributed by atoms with Crippen molar-refractivity contribution in [3.63, 3.8) is 0 Å². The molecule has 0 aliphatic carbocycles. The Bertz CT molecular complexity index is 442. The number of hydrogen-bond acceptors (Lipinski definition) is 3. The van der Waals surface area contributed by atoms with Gasteiger partial charge in [0.25, 0.3) is 0 Å². The second-order valence-corrected chi connectivity index (χ2v) is 4.74. The van der Waals surface area contributed by atoms with Crippen LogP contribution in [0, 0.1) is 5.82 Å². The third kappa shape index (κ3) is 3.12. The van der Waals surface area contributed by atoms with Crippen LogP contribution in [0.15, 0.2) is 36.0 Å². The van der Waals surface area contributed by atoms with Crippen LogP contribution >= 0.6 is 11.3 Å². The fourth-order valence-electron chi connectivity index (χ4n) is 1.64. The van der Waals surface area contributed by atoms with E-state index in [1.807, 2.05) is 12.3 Å². The van der Waals surface area contributed by atoms with Crippen LogP contribution in [0.5, 0.6) is 0 Å². The second kappa shape index (κ2) is 5.18. The van der Waals surface area contributed by atoms with E-state index in [2.05, 4.69) is 4.98 Å². The summed E-state index contributed by atoms with van der Waals surface area (Å²) in [4.78, 5) is 5.17. The van der Waals surface area contributed by atoms with Crippen molar-refractivity contribution in [3.8, 4) is 0 Å². The molecule has 0 aliphatic heterocycles. The van der Waals surface area contributed by atoms with E-state index >= 15 is 0 Å². The van der Waals surface area contributed by atoms with Crippen molar-refractivity contribution in [2.45, 2.75) is 18.9 Å². The van der Waals surface area contributed by atoms with Crippen LogP contribution in [0.25, 0.3) is 0 Å². The van der Waals surface area contributed by atoms with Gasteiger partial charge in [-0.1, -0.05) is 12.1 Å². The average Bonchev–Trinajstić information content (AvgIpc) is 2.70. The molecule has 2 N–H and O–H groups in total. The van der Waals surface area contributed by atoms with Crippen LogP contribution in [0.3, 0.4) is 0 Å². The molecule has 0 saturated heterocycles. The maximum atomic E-state index is 12.9. The molecule has 84 valence electrons. The largest absolute Gasteiger partial charge is 0.327 e. The minimum Gasteiger partial charge on any atom is -0.327 e. The molecule has 0 saturated carbocycles. The minimum absolute atomic E-state index is 0.0160. The molecular formula is C12H13FN2S. The maximum absolute atomic E-state index is 12.9. The molecule has 0 aliphatic rings. The fourth-order valence-corrected chi connectivity index (χ4v) is 2.33. The molecule has 2 rings (SSSR count). The Morgan fingerprint density at radius 3 is 2.94 bits per heavy atom. The summed E-state index contributed by atoms with van der Waals surface area (Å²) < 4.78 is 12.9. The Labute approximate surface area is 97.9 Å². The van der Waals surface area contributed by atoms with Crippen LogP contribution in [-0.4, -0.2) is 11.0 Å². The summed E-state index contributed by atoms with van der Waals surface area (Å²) in [6, 6.07) is 6.60. The van der Waals surface area contributed by atoms with Crippen molar-refractivity contribution in [1.82, 2.24) is 4.98 Å². The highest BCUT2D eigenvalue weighted by Crippen LogP contribution is 2.11. The predicted octanol–water partition coefficient (Wildman–Crippen LogP) is 2.39. The summed E-state index contributed by atoms with van der Waals surface area (Å²) in [6.07, 6.45) is 3.31. The molecule has 0 bridgehead atoms. The van der Waals surface area contributed by atoms with E-state index in [-0.39, 0.29) is 11.9 Å². The minimum atomic E-state index is -0.206. The zero-order valence-electron chi connectivity index (χ0n) is 8.77. The molecule has 0 amide bonds. The standard InChI is InChI=1S/C12H13FN2S/c13-10-3-1-2-9(4-10)5-11(14)6-12-7-15-8-16-12/h1-4,7-8,11H,5-6,14H2. The van der Waals surface area contributed by atoms with Crippen molar-refractivity contribution in [2.75, 3.05) is 0 Å². The lowest BCUT2D eigenvalue weighted by atomic mass is 10.0. The van der Waals surface area contributed by atoms with Crippen LogP contribution in [0.4, 0.5) is 4.39 Å². The molecule has 1 aromatic carbocycles. The third-order valence-electron chi connectivity index (χ3n) is 2.33. The van der Waals surface area contributed by atoms with Crippen molar-refractivity contribution >= 4 is 11.3 Å². The van der Waals surface area contributed by atoms with Crippen molar-refractivity contribution < 1.29 is 4.39 Å². The van der Waals surface area contributed by atoms with Gasteiger partial charge < -0.3 is 5.73 Å². The summed E-state index contributed by atoms with van der Waals surface area (Å²) in [5.41, 5.74) is 8.74. The summed E-state index contributed by atoms with van der Waals surface area (Å²) in [5.74, 6) is -0.206. The summed E-state index contributed by atoms with van der Waals surface area (Å²) in [5, 5.41) is 0. The van der Waals surface area contributed by atoms with Gasteiger partial charge in [-0.15, -0.1) is 11.3 Å². The number of nitrogens with two attached hydrogens (primary N) is 1. The molecule has 1 atom stereocenters. The number of thiazole rings is 1. The molecule has 16 heavy (non-hydrogen) atoms. The molecule has 4 heteroatoms. The van der Waals surface area contributed by atoms with Crippen LogP contribution in [-0.2, 0) is 12.8 Å². The first kappa shape index (κ1) is 11.2. The van der Waals surface area contributed by atoms with Crippen LogP contribution in [0.2, 0.25) is 0 Å². The Morgan fingerprint density at radius 1 is 1.38 bits per heavy atom. The number of benzene rings is 1. The molecule has 0 radical (unpaired) electrons. The first-order valence-electron chi connectivity index (χ1n) is 5.11. The van der Waals surface area contributed by atoms with Crippen molar-refractivity contribution in [1.29, 1.82) is 0 Å². The van der Waals surface area contributed by atoms with Crippen molar-refractivity contribution in [3.05, 3.63) is 52.2 Å². The topological polar surface area (TPSA) is 38.9 Å². The molecule has 1 heterocycles. The normalized spacial score (nSPS) is 12.6. The Balaban J connectivity index is 1.94. The van der Waals surface area contributed by atoms with E-state index in [1.165, 1.54) is 17.0 Å². The van der Waals surface area contributed by atoms with Crippen LogP contribution < -0.4 is 5.73 Å². The first-order valence-corrected chi connectivity index (χ1v) is 5.99. The SMILES string of the molecule is NC(Cc1cccc(F)c1)Cc1cncs1. The van der Waals surface area contributed by atoms with Gasteiger partial charge in [-0.25, -0.2) is 4.39 Å². The van der Waals surface area contributed by atoms with Gasteiger partial charge in [0.2, 0.25) is 0 Å². The summed E-state index contributed by atoms with van der Waals surface area (Å²) >= 11 is 1.60. The highest BCUT2D eigenvalue weighted by Gasteiger charge is 2.07. The fraction of sp³-hybridized carbons (Fsp3) is 0.250. The van der Waals surface area contributed by atoms with Crippen molar-refractivity contribution in [2.24, 2.45) is 5.73 Å². The Hall–Kier alpha value is -1.26.